The van der Waals surface area contributed by atoms with Gasteiger partial charge in [0.2, 0.25) is 0 Å². The third-order valence-corrected chi connectivity index (χ3v) is 13.6. The highest BCUT2D eigenvalue weighted by molar-refractivity contribution is 6.21. The first-order valence-corrected chi connectivity index (χ1v) is 21.6. The van der Waals surface area contributed by atoms with Crippen molar-refractivity contribution in [3.05, 3.63) is 58.0 Å². The molecule has 8 rings (SSSR count). The Morgan fingerprint density at radius 3 is 2.22 bits per heavy atom. The molecule has 2 aromatic rings. The summed E-state index contributed by atoms with van der Waals surface area (Å²) in [5.74, 6) is -4.88. The number of aliphatic hydroxyl groups is 1. The molecule has 2 aromatic carbocycles. The van der Waals surface area contributed by atoms with Gasteiger partial charge in [0.1, 0.15) is 27.9 Å². The van der Waals surface area contributed by atoms with Crippen LogP contribution in [0.25, 0.3) is 10.8 Å². The molecule has 6 heterocycles. The van der Waals surface area contributed by atoms with E-state index in [0.717, 1.165) is 19.6 Å². The second kappa shape index (κ2) is 15.9. The lowest BCUT2D eigenvalue weighted by Crippen LogP contribution is -2.56. The number of phenols is 2. The number of ether oxygens (including phenoxy) is 4. The monoisotopic (exact) mass is 828 g/mol. The molecule has 7 bridgehead atoms. The highest BCUT2D eigenvalue weighted by Gasteiger charge is 2.51. The van der Waals surface area contributed by atoms with Crippen LogP contribution in [0.3, 0.4) is 0 Å². The molecule has 0 aliphatic carbocycles. The number of benzene rings is 2. The average Bonchev–Trinajstić information content (AvgIpc) is 3.69. The van der Waals surface area contributed by atoms with E-state index in [2.05, 4.69) is 42.9 Å². The van der Waals surface area contributed by atoms with Gasteiger partial charge in [0.15, 0.2) is 11.5 Å². The lowest BCUT2D eigenvalue weighted by molar-refractivity contribution is -0.336. The molecule has 0 saturated carbocycles. The number of ketones is 1. The number of piperidine rings is 1. The molecular weight excluding hydrogens is 765 g/mol. The molecule has 13 nitrogen and oxygen atoms in total. The van der Waals surface area contributed by atoms with E-state index in [4.69, 9.17) is 23.9 Å². The van der Waals surface area contributed by atoms with Crippen molar-refractivity contribution < 1.29 is 43.9 Å². The molecule has 0 aromatic heterocycles. The summed E-state index contributed by atoms with van der Waals surface area (Å²) < 4.78 is 25.5. The van der Waals surface area contributed by atoms with Crippen molar-refractivity contribution in [2.45, 2.75) is 131 Å². The largest absolute Gasteiger partial charge is 0.507 e. The van der Waals surface area contributed by atoms with Gasteiger partial charge in [-0.1, -0.05) is 66.7 Å². The Morgan fingerprint density at radius 2 is 1.55 bits per heavy atom. The molecule has 2 saturated heterocycles. The first kappa shape index (κ1) is 43.8. The molecule has 6 aliphatic rings. The number of phenolic OH excluding ortho intramolecular Hbond substituents is 2. The van der Waals surface area contributed by atoms with E-state index in [-0.39, 0.29) is 85.9 Å². The summed E-state index contributed by atoms with van der Waals surface area (Å²) in [5, 5.41) is 39.7. The Kier molecular flexibility index (Phi) is 11.6. The average molecular weight is 829 g/mol. The Morgan fingerprint density at radius 1 is 0.883 bits per heavy atom. The second-order valence-electron chi connectivity index (χ2n) is 19.1. The van der Waals surface area contributed by atoms with E-state index < -0.39 is 40.8 Å². The molecule has 4 N–H and O–H groups in total. The van der Waals surface area contributed by atoms with E-state index in [1.165, 1.54) is 13.2 Å². The summed E-state index contributed by atoms with van der Waals surface area (Å²) >= 11 is 0. The van der Waals surface area contributed by atoms with Gasteiger partial charge in [-0.25, -0.2) is 4.99 Å². The van der Waals surface area contributed by atoms with Crippen LogP contribution in [0.1, 0.15) is 105 Å². The predicted molar refractivity (Wildman–Crippen MR) is 228 cm³/mol. The molecule has 9 atom stereocenters. The van der Waals surface area contributed by atoms with Gasteiger partial charge in [-0.15, -0.1) is 0 Å². The molecule has 1 amide bonds. The normalized spacial score (nSPS) is 34.9. The standard InChI is InChI=1S/C47H64N4O9/c1-23(2)22-51-19-17-47(18-20-51)49-34-31-32-38(53)29(8)42-33(31)43(55)46(12,60-42)57-21-16-24(3)27(6)37(52)28(7)41-30(9)40(58-45(10,11)59-41)25(4)14-13-15-26(5)44(56)48-36(39(32)54)35(34)50-47/h13-16,21,23-25,27-28,30,37,40-41,49,52-54H,17-20,22H2,1-12H3/b14-13+,21-16+,26-15-,48-36?/t24-,25-,27+,28-,30+,37+,40-,41-,46-/m0/s1. The maximum absolute atomic E-state index is 14.7. The molecule has 13 heteroatoms. The van der Waals surface area contributed by atoms with Crippen LogP contribution in [0, 0.1) is 42.4 Å². The molecule has 0 radical (unpaired) electrons. The fraction of sp³-hybridized carbons (Fsp3) is 0.617. The number of amides is 1. The minimum Gasteiger partial charge on any atom is -0.507 e. The first-order chi connectivity index (χ1) is 28.1. The van der Waals surface area contributed by atoms with Gasteiger partial charge in [-0.3, -0.25) is 14.6 Å². The number of Topliss-reactive ketones (excluding diaryl/α,β-unsaturated/α-hetero) is 1. The van der Waals surface area contributed by atoms with Crippen LogP contribution < -0.4 is 20.8 Å². The Bertz CT molecular complexity index is 2290. The number of fused-ring (bicyclic) bond motifs is 9. The molecule has 2 fully saturated rings. The number of allylic oxidation sites excluding steroid dienone is 3. The Labute approximate surface area is 353 Å². The summed E-state index contributed by atoms with van der Waals surface area (Å²) in [5.41, 5.74) is 0.232. The van der Waals surface area contributed by atoms with E-state index in [1.807, 2.05) is 46.8 Å². The van der Waals surface area contributed by atoms with Crippen molar-refractivity contribution >= 4 is 28.2 Å². The van der Waals surface area contributed by atoms with Crippen LogP contribution in [-0.4, -0.2) is 87.1 Å². The van der Waals surface area contributed by atoms with E-state index >= 15 is 0 Å². The van der Waals surface area contributed by atoms with Gasteiger partial charge in [0.05, 0.1) is 41.2 Å². The van der Waals surface area contributed by atoms with Gasteiger partial charge in [0, 0.05) is 73.7 Å². The van der Waals surface area contributed by atoms with Gasteiger partial charge in [-0.2, -0.15) is 0 Å². The second-order valence-corrected chi connectivity index (χ2v) is 19.1. The Hall–Kier alpha value is -4.30. The van der Waals surface area contributed by atoms with Crippen molar-refractivity contribution in [3.8, 4) is 17.2 Å². The molecular formula is C47H64N4O9. The van der Waals surface area contributed by atoms with Gasteiger partial charge in [-0.05, 0) is 51.5 Å². The number of rotatable bonds is 2. The number of hydrogen-bond donors (Lipinski definition) is 4. The fourth-order valence-electron chi connectivity index (χ4n) is 9.80. The molecule has 1 spiro atoms. The summed E-state index contributed by atoms with van der Waals surface area (Å²) in [7, 11) is 0. The van der Waals surface area contributed by atoms with Gasteiger partial charge < -0.3 is 44.5 Å². The molecule has 326 valence electrons. The minimum atomic E-state index is -1.83. The maximum Gasteiger partial charge on any atom is 0.312 e. The smallest absolute Gasteiger partial charge is 0.312 e. The predicted octanol–water partition coefficient (Wildman–Crippen LogP) is 6.60. The SMILES string of the molecule is C/C1=C/C=C/[C@H](C)[C@@H]2OC(C)(C)O[C@@H]([C@@H](C)[C@H](O)[C@H](C)[C@@H](C)/C=C/O[C@@]3(C)Oc4c(C)c(O)c5c(O)c(c6c(c5c4C3=O)NC3(CCN(CC(C)C)CC3)N=6)=NC1=O)[C@@H]2C. The molecule has 0 unspecified atom stereocenters. The first-order valence-electron chi connectivity index (χ1n) is 21.6. The van der Waals surface area contributed by atoms with Gasteiger partial charge in [0.25, 0.3) is 11.7 Å². The zero-order chi connectivity index (χ0) is 43.8. The van der Waals surface area contributed by atoms with Crippen molar-refractivity contribution in [2.75, 3.05) is 25.0 Å². The van der Waals surface area contributed by atoms with Crippen molar-refractivity contribution in [1.82, 2.24) is 4.90 Å². The third kappa shape index (κ3) is 7.64. The fourth-order valence-corrected chi connectivity index (χ4v) is 9.80. The number of anilines is 1. The highest BCUT2D eigenvalue weighted by Crippen LogP contribution is 2.51. The summed E-state index contributed by atoms with van der Waals surface area (Å²) in [6.45, 7) is 25.5. The molecule has 60 heavy (non-hydrogen) atoms. The number of nitrogens with zero attached hydrogens (tertiary/aromatic N) is 3. The summed E-state index contributed by atoms with van der Waals surface area (Å²) in [6, 6.07) is 0. The number of carbonyl (C=O) groups is 2. The van der Waals surface area contributed by atoms with Gasteiger partial charge >= 0.3 is 5.79 Å². The van der Waals surface area contributed by atoms with Crippen molar-refractivity contribution in [1.29, 1.82) is 0 Å². The van der Waals surface area contributed by atoms with Crippen LogP contribution in [-0.2, 0) is 19.0 Å². The number of nitrogens with one attached hydrogen (secondary N) is 1. The number of carbonyl (C=O) groups excluding carboxylic acids is 2. The van der Waals surface area contributed by atoms with Crippen LogP contribution in [0.2, 0.25) is 0 Å². The zero-order valence-electron chi connectivity index (χ0n) is 37.3. The zero-order valence-corrected chi connectivity index (χ0v) is 37.3. The van der Waals surface area contributed by atoms with E-state index in [0.29, 0.717) is 30.0 Å². The lowest BCUT2D eigenvalue weighted by atomic mass is 9.76. The van der Waals surface area contributed by atoms with Crippen LogP contribution in [0.5, 0.6) is 17.2 Å². The third-order valence-electron chi connectivity index (χ3n) is 13.6. The summed E-state index contributed by atoms with van der Waals surface area (Å²) in [6.07, 6.45) is 8.63. The minimum absolute atomic E-state index is 0.0348. The van der Waals surface area contributed by atoms with Crippen LogP contribution in [0.15, 0.2) is 46.1 Å². The number of aromatic hydroxyl groups is 2. The van der Waals surface area contributed by atoms with Crippen molar-refractivity contribution in [3.63, 3.8) is 0 Å². The Balaban J connectivity index is 1.40. The maximum atomic E-state index is 14.7. The van der Waals surface area contributed by atoms with E-state index in [1.54, 1.807) is 26.0 Å². The quantitative estimate of drug-likeness (QED) is 0.241. The molecule has 6 aliphatic heterocycles. The number of likely N-dealkylation sites (tertiary alicyclic amines) is 1. The van der Waals surface area contributed by atoms with Crippen LogP contribution in [0.4, 0.5) is 5.69 Å². The van der Waals surface area contributed by atoms with Crippen molar-refractivity contribution in [2.24, 2.45) is 45.5 Å². The topological polar surface area (TPSA) is 172 Å². The van der Waals surface area contributed by atoms with E-state index in [9.17, 15) is 24.9 Å². The highest BCUT2D eigenvalue weighted by atomic mass is 16.7. The summed E-state index contributed by atoms with van der Waals surface area (Å²) in [4.78, 5) is 40.7. The number of hydrogen-bond acceptors (Lipinski definition) is 12. The van der Waals surface area contributed by atoms with Crippen LogP contribution >= 0.6 is 0 Å². The number of aliphatic hydroxyl groups excluding tert-OH is 1. The lowest BCUT2D eigenvalue weighted by Gasteiger charge is -2.49.